The Morgan fingerprint density at radius 2 is 1.87 bits per heavy atom. The van der Waals surface area contributed by atoms with Crippen LogP contribution in [0.2, 0.25) is 0 Å². The lowest BCUT2D eigenvalue weighted by Gasteiger charge is -2.40. The van der Waals surface area contributed by atoms with Gasteiger partial charge < -0.3 is 10.2 Å². The molecule has 0 bridgehead atoms. The number of nitrogens with zero attached hydrogens (tertiary/aromatic N) is 1. The Labute approximate surface area is 92.3 Å². The van der Waals surface area contributed by atoms with Gasteiger partial charge in [-0.15, -0.1) is 0 Å². The molecule has 2 unspecified atom stereocenters. The first-order chi connectivity index (χ1) is 7.02. The van der Waals surface area contributed by atoms with Crippen molar-refractivity contribution in [1.82, 2.24) is 0 Å². The third kappa shape index (κ3) is 1.48. The van der Waals surface area contributed by atoms with Crippen LogP contribution in [0, 0.1) is 13.8 Å². The lowest BCUT2D eigenvalue weighted by atomic mass is 9.99. The normalized spacial score (nSPS) is 24.7. The predicted octanol–water partition coefficient (Wildman–Crippen LogP) is 2.94. The predicted molar refractivity (Wildman–Crippen MR) is 66.9 cm³/mol. The highest BCUT2D eigenvalue weighted by Gasteiger charge is 2.26. The molecule has 2 rings (SSSR count). The number of aryl methyl sites for hydroxylation is 1. The molecule has 1 aliphatic rings. The number of rotatable bonds is 0. The first-order valence-corrected chi connectivity index (χ1v) is 5.62. The third-order valence-corrected chi connectivity index (χ3v) is 3.80. The van der Waals surface area contributed by atoms with Crippen LogP contribution in [0.1, 0.15) is 25.0 Å². The van der Waals surface area contributed by atoms with E-state index in [0.717, 1.165) is 0 Å². The van der Waals surface area contributed by atoms with Gasteiger partial charge in [0.2, 0.25) is 0 Å². The maximum absolute atomic E-state index is 3.61. The van der Waals surface area contributed by atoms with E-state index >= 15 is 0 Å². The summed E-state index contributed by atoms with van der Waals surface area (Å²) in [4.78, 5) is 2.36. The van der Waals surface area contributed by atoms with E-state index in [-0.39, 0.29) is 0 Å². The molecule has 1 N–H and O–H groups in total. The molecule has 2 atom stereocenters. The van der Waals surface area contributed by atoms with Crippen molar-refractivity contribution >= 4 is 11.4 Å². The number of benzene rings is 1. The van der Waals surface area contributed by atoms with Crippen LogP contribution in [0.15, 0.2) is 12.1 Å². The molecule has 0 aliphatic carbocycles. The Balaban J connectivity index is 2.55. The number of likely N-dealkylation sites (N-methyl/N-ethyl adjacent to an activating group) is 1. The summed E-state index contributed by atoms with van der Waals surface area (Å²) < 4.78 is 0. The number of fused-ring (bicyclic) bond motifs is 1. The summed E-state index contributed by atoms with van der Waals surface area (Å²) >= 11 is 0. The summed E-state index contributed by atoms with van der Waals surface area (Å²) in [5.74, 6) is 0. The Bertz CT molecular complexity index is 384. The summed E-state index contributed by atoms with van der Waals surface area (Å²) in [7, 11) is 2.18. The molecule has 0 amide bonds. The van der Waals surface area contributed by atoms with Gasteiger partial charge in [-0.1, -0.05) is 6.07 Å². The minimum Gasteiger partial charge on any atom is -0.379 e. The van der Waals surface area contributed by atoms with E-state index in [1.165, 1.54) is 22.5 Å². The molecule has 1 aromatic carbocycles. The van der Waals surface area contributed by atoms with Crippen molar-refractivity contribution in [3.63, 3.8) is 0 Å². The van der Waals surface area contributed by atoms with Gasteiger partial charge >= 0.3 is 0 Å². The zero-order valence-corrected chi connectivity index (χ0v) is 10.3. The molecule has 82 valence electrons. The van der Waals surface area contributed by atoms with E-state index in [0.29, 0.717) is 12.1 Å². The van der Waals surface area contributed by atoms with Crippen molar-refractivity contribution < 1.29 is 0 Å². The Morgan fingerprint density at radius 3 is 2.53 bits per heavy atom. The van der Waals surface area contributed by atoms with Crippen LogP contribution in [0.4, 0.5) is 11.4 Å². The Morgan fingerprint density at radius 1 is 1.20 bits per heavy atom. The van der Waals surface area contributed by atoms with Crippen LogP contribution in [0.3, 0.4) is 0 Å². The summed E-state index contributed by atoms with van der Waals surface area (Å²) in [6.07, 6.45) is 0. The molecule has 2 heteroatoms. The second-order valence-electron chi connectivity index (χ2n) is 4.69. The molecular weight excluding hydrogens is 184 g/mol. The molecule has 0 aromatic heterocycles. The smallest absolute Gasteiger partial charge is 0.0613 e. The molecule has 15 heavy (non-hydrogen) atoms. The molecule has 0 spiro atoms. The summed E-state index contributed by atoms with van der Waals surface area (Å²) in [5, 5.41) is 3.61. The average molecular weight is 204 g/mol. The number of anilines is 2. The second-order valence-corrected chi connectivity index (χ2v) is 4.69. The molecule has 1 heterocycles. The monoisotopic (exact) mass is 204 g/mol. The minimum absolute atomic E-state index is 0.503. The van der Waals surface area contributed by atoms with Gasteiger partial charge in [0.15, 0.2) is 0 Å². The average Bonchev–Trinajstić information content (AvgIpc) is 2.21. The van der Waals surface area contributed by atoms with Crippen LogP contribution in [0.25, 0.3) is 0 Å². The molecule has 1 aromatic rings. The SMILES string of the molecule is Cc1ccc2c(c1C)NC(C)C(C)N2C. The standard InChI is InChI=1S/C13H20N2/c1-8-6-7-12-13(9(8)2)14-10(3)11(4)15(12)5/h6-7,10-11,14H,1-5H3. The van der Waals surface area contributed by atoms with Crippen LogP contribution < -0.4 is 10.2 Å². The summed E-state index contributed by atoms with van der Waals surface area (Å²) in [6, 6.07) is 5.46. The Hall–Kier alpha value is -1.18. The fourth-order valence-electron chi connectivity index (χ4n) is 2.18. The van der Waals surface area contributed by atoms with Gasteiger partial charge in [0.25, 0.3) is 0 Å². The number of hydrogen-bond acceptors (Lipinski definition) is 2. The van der Waals surface area contributed by atoms with Gasteiger partial charge in [-0.05, 0) is 44.9 Å². The fourth-order valence-corrected chi connectivity index (χ4v) is 2.18. The first kappa shape index (κ1) is 10.3. The summed E-state index contributed by atoms with van der Waals surface area (Å²) in [5.41, 5.74) is 5.36. The molecule has 0 saturated carbocycles. The van der Waals surface area contributed by atoms with E-state index in [4.69, 9.17) is 0 Å². The Kier molecular flexibility index (Phi) is 2.37. The van der Waals surface area contributed by atoms with Crippen LogP contribution in [-0.4, -0.2) is 19.1 Å². The van der Waals surface area contributed by atoms with Crippen molar-refractivity contribution in [3.8, 4) is 0 Å². The van der Waals surface area contributed by atoms with Crippen molar-refractivity contribution in [2.45, 2.75) is 39.8 Å². The van der Waals surface area contributed by atoms with Crippen LogP contribution >= 0.6 is 0 Å². The highest BCUT2D eigenvalue weighted by molar-refractivity contribution is 5.77. The topological polar surface area (TPSA) is 15.3 Å². The van der Waals surface area contributed by atoms with E-state index in [1.54, 1.807) is 0 Å². The fraction of sp³-hybridized carbons (Fsp3) is 0.538. The quantitative estimate of drug-likeness (QED) is 0.699. The van der Waals surface area contributed by atoms with Gasteiger partial charge in [-0.25, -0.2) is 0 Å². The van der Waals surface area contributed by atoms with Crippen molar-refractivity contribution in [3.05, 3.63) is 23.3 Å². The molecular formula is C13H20N2. The number of nitrogens with one attached hydrogen (secondary N) is 1. The molecule has 0 radical (unpaired) electrons. The summed E-state index contributed by atoms with van der Waals surface area (Å²) in [6.45, 7) is 8.86. The zero-order chi connectivity index (χ0) is 11.2. The highest BCUT2D eigenvalue weighted by atomic mass is 15.2. The van der Waals surface area contributed by atoms with Crippen molar-refractivity contribution in [2.24, 2.45) is 0 Å². The van der Waals surface area contributed by atoms with Gasteiger partial charge in [0.05, 0.1) is 11.4 Å². The van der Waals surface area contributed by atoms with E-state index in [1.807, 2.05) is 0 Å². The lowest BCUT2D eigenvalue weighted by molar-refractivity contribution is 0.586. The van der Waals surface area contributed by atoms with E-state index in [2.05, 4.69) is 57.1 Å². The zero-order valence-electron chi connectivity index (χ0n) is 10.3. The third-order valence-electron chi connectivity index (χ3n) is 3.80. The van der Waals surface area contributed by atoms with E-state index in [9.17, 15) is 0 Å². The second kappa shape index (κ2) is 3.44. The van der Waals surface area contributed by atoms with Gasteiger partial charge in [-0.2, -0.15) is 0 Å². The van der Waals surface area contributed by atoms with Crippen LogP contribution in [0.5, 0.6) is 0 Å². The largest absolute Gasteiger partial charge is 0.379 e. The maximum atomic E-state index is 3.61. The van der Waals surface area contributed by atoms with Gasteiger partial charge in [0.1, 0.15) is 0 Å². The minimum atomic E-state index is 0.503. The highest BCUT2D eigenvalue weighted by Crippen LogP contribution is 2.36. The van der Waals surface area contributed by atoms with Crippen molar-refractivity contribution in [2.75, 3.05) is 17.3 Å². The molecule has 0 fully saturated rings. The van der Waals surface area contributed by atoms with Crippen molar-refractivity contribution in [1.29, 1.82) is 0 Å². The van der Waals surface area contributed by atoms with Gasteiger partial charge in [-0.3, -0.25) is 0 Å². The lowest BCUT2D eigenvalue weighted by Crippen LogP contribution is -2.45. The molecule has 1 aliphatic heterocycles. The first-order valence-electron chi connectivity index (χ1n) is 5.62. The van der Waals surface area contributed by atoms with Crippen LogP contribution in [-0.2, 0) is 0 Å². The molecule has 2 nitrogen and oxygen atoms in total. The maximum Gasteiger partial charge on any atom is 0.0613 e. The number of hydrogen-bond donors (Lipinski definition) is 1. The van der Waals surface area contributed by atoms with E-state index < -0.39 is 0 Å². The molecule has 0 saturated heterocycles. The van der Waals surface area contributed by atoms with Gasteiger partial charge in [0, 0.05) is 19.1 Å².